The fourth-order valence-corrected chi connectivity index (χ4v) is 1.70. The molecule has 3 heterocycles. The summed E-state index contributed by atoms with van der Waals surface area (Å²) in [5, 5.41) is 16.9. The molecule has 88 valence electrons. The van der Waals surface area contributed by atoms with E-state index in [4.69, 9.17) is 8.83 Å². The van der Waals surface area contributed by atoms with Crippen LogP contribution in [0.3, 0.4) is 0 Å². The second-order valence-electron chi connectivity index (χ2n) is 3.73. The molecule has 7 nitrogen and oxygen atoms in total. The van der Waals surface area contributed by atoms with Crippen LogP contribution in [0.15, 0.2) is 27.2 Å². The summed E-state index contributed by atoms with van der Waals surface area (Å²) in [5.74, 6) is 0.419. The maximum atomic E-state index is 11.5. The summed E-state index contributed by atoms with van der Waals surface area (Å²) in [6.07, 6.45) is 0.893. The number of nitrogens with zero attached hydrogens (tertiary/aromatic N) is 3. The van der Waals surface area contributed by atoms with Crippen molar-refractivity contribution in [3.8, 4) is 11.7 Å². The zero-order chi connectivity index (χ0) is 11.8. The molecular weight excluding hydrogens is 226 g/mol. The molecule has 0 spiro atoms. The quantitative estimate of drug-likeness (QED) is 0.811. The Morgan fingerprint density at radius 3 is 3.00 bits per heavy atom. The molecule has 3 rings (SSSR count). The molecule has 1 unspecified atom stereocenters. The second-order valence-corrected chi connectivity index (χ2v) is 3.73. The van der Waals surface area contributed by atoms with Crippen LogP contribution < -0.4 is 4.90 Å². The van der Waals surface area contributed by atoms with Crippen LogP contribution in [0.1, 0.15) is 6.42 Å². The number of furan rings is 1. The first-order chi connectivity index (χ1) is 8.24. The number of carbonyl (C=O) groups excluding carboxylic acids is 1. The van der Waals surface area contributed by atoms with E-state index < -0.39 is 6.10 Å². The van der Waals surface area contributed by atoms with Gasteiger partial charge in [-0.15, -0.1) is 5.10 Å². The maximum absolute atomic E-state index is 11.5. The molecule has 1 aliphatic rings. The molecule has 0 saturated carbocycles. The number of anilines is 1. The van der Waals surface area contributed by atoms with Gasteiger partial charge in [-0.05, 0) is 12.1 Å². The molecule has 0 aliphatic carbocycles. The number of hydrogen-bond donors (Lipinski definition) is 1. The molecule has 1 N–H and O–H groups in total. The average molecular weight is 235 g/mol. The number of rotatable bonds is 2. The van der Waals surface area contributed by atoms with Crippen molar-refractivity contribution in [3.05, 3.63) is 18.4 Å². The van der Waals surface area contributed by atoms with E-state index in [-0.39, 0.29) is 30.8 Å². The highest BCUT2D eigenvalue weighted by atomic mass is 16.4. The third-order valence-electron chi connectivity index (χ3n) is 2.48. The largest absolute Gasteiger partial charge is 0.459 e. The smallest absolute Gasteiger partial charge is 0.325 e. The van der Waals surface area contributed by atoms with E-state index in [1.807, 2.05) is 0 Å². The maximum Gasteiger partial charge on any atom is 0.325 e. The Labute approximate surface area is 95.7 Å². The standard InChI is InChI=1S/C10H9N3O4/c14-6-4-8(15)13(5-6)10-12-11-9(17-10)7-2-1-3-16-7/h1-3,6,14H,4-5H2. The lowest BCUT2D eigenvalue weighted by Gasteiger charge is -2.08. The monoisotopic (exact) mass is 235 g/mol. The van der Waals surface area contributed by atoms with Gasteiger partial charge in [-0.25, -0.2) is 0 Å². The molecule has 1 saturated heterocycles. The van der Waals surface area contributed by atoms with Gasteiger partial charge in [0, 0.05) is 0 Å². The van der Waals surface area contributed by atoms with Crippen molar-refractivity contribution in [3.63, 3.8) is 0 Å². The lowest BCUT2D eigenvalue weighted by Crippen LogP contribution is -2.25. The van der Waals surface area contributed by atoms with Crippen LogP contribution >= 0.6 is 0 Å². The zero-order valence-corrected chi connectivity index (χ0v) is 8.74. The first kappa shape index (κ1) is 10.0. The number of carbonyl (C=O) groups is 1. The van der Waals surface area contributed by atoms with E-state index >= 15 is 0 Å². The number of aliphatic hydroxyl groups is 1. The number of β-amino-alcohol motifs (C(OH)–C–C–N with tert-alkyl or cyclic N) is 1. The van der Waals surface area contributed by atoms with Crippen LogP contribution in [0.5, 0.6) is 0 Å². The van der Waals surface area contributed by atoms with Crippen LogP contribution in [-0.2, 0) is 4.79 Å². The molecule has 0 bridgehead atoms. The van der Waals surface area contributed by atoms with Gasteiger partial charge in [-0.3, -0.25) is 9.69 Å². The highest BCUT2D eigenvalue weighted by molar-refractivity contribution is 5.94. The number of aromatic nitrogens is 2. The summed E-state index contributed by atoms with van der Waals surface area (Å²) < 4.78 is 10.4. The topological polar surface area (TPSA) is 92.6 Å². The summed E-state index contributed by atoms with van der Waals surface area (Å²) in [6.45, 7) is 0.179. The van der Waals surface area contributed by atoms with Gasteiger partial charge in [0.1, 0.15) is 0 Å². The lowest BCUT2D eigenvalue weighted by molar-refractivity contribution is -0.117. The van der Waals surface area contributed by atoms with Gasteiger partial charge in [-0.2, -0.15) is 0 Å². The predicted molar refractivity (Wildman–Crippen MR) is 55.0 cm³/mol. The van der Waals surface area contributed by atoms with Gasteiger partial charge in [0.2, 0.25) is 5.91 Å². The minimum absolute atomic E-state index is 0.0814. The number of amides is 1. The van der Waals surface area contributed by atoms with Crippen molar-refractivity contribution in [1.29, 1.82) is 0 Å². The van der Waals surface area contributed by atoms with Crippen LogP contribution in [0.2, 0.25) is 0 Å². The number of aliphatic hydroxyl groups excluding tert-OH is 1. The molecule has 2 aromatic heterocycles. The van der Waals surface area contributed by atoms with Crippen LogP contribution in [0.25, 0.3) is 11.7 Å². The molecule has 1 fully saturated rings. The van der Waals surface area contributed by atoms with Gasteiger partial charge in [-0.1, -0.05) is 5.10 Å². The van der Waals surface area contributed by atoms with Gasteiger partial charge in [0.05, 0.1) is 25.3 Å². The molecule has 0 radical (unpaired) electrons. The molecule has 7 heteroatoms. The molecule has 2 aromatic rings. The van der Waals surface area contributed by atoms with E-state index in [9.17, 15) is 9.90 Å². The van der Waals surface area contributed by atoms with E-state index in [1.54, 1.807) is 12.1 Å². The average Bonchev–Trinajstić information content (AvgIpc) is 2.97. The Hall–Kier alpha value is -2.15. The predicted octanol–water partition coefficient (Wildman–Crippen LogP) is 0.427. The fraction of sp³-hybridized carbons (Fsp3) is 0.300. The Kier molecular flexibility index (Phi) is 2.19. The third-order valence-corrected chi connectivity index (χ3v) is 2.48. The first-order valence-electron chi connectivity index (χ1n) is 5.10. The summed E-state index contributed by atoms with van der Waals surface area (Å²) in [5.41, 5.74) is 0. The lowest BCUT2D eigenvalue weighted by atomic mass is 10.3. The van der Waals surface area contributed by atoms with Gasteiger partial charge < -0.3 is 13.9 Å². The SMILES string of the molecule is O=C1CC(O)CN1c1nnc(-c2ccco2)o1. The Morgan fingerprint density at radius 2 is 2.35 bits per heavy atom. The Balaban J connectivity index is 1.88. The van der Waals surface area contributed by atoms with Crippen molar-refractivity contribution in [2.24, 2.45) is 0 Å². The zero-order valence-electron chi connectivity index (χ0n) is 8.74. The van der Waals surface area contributed by atoms with Crippen LogP contribution in [0, 0.1) is 0 Å². The minimum atomic E-state index is -0.679. The van der Waals surface area contributed by atoms with E-state index in [0.717, 1.165) is 0 Å². The fourth-order valence-electron chi connectivity index (χ4n) is 1.70. The van der Waals surface area contributed by atoms with Gasteiger partial charge in [0.15, 0.2) is 5.76 Å². The molecule has 17 heavy (non-hydrogen) atoms. The van der Waals surface area contributed by atoms with Crippen molar-refractivity contribution in [2.45, 2.75) is 12.5 Å². The van der Waals surface area contributed by atoms with Crippen molar-refractivity contribution in [2.75, 3.05) is 11.4 Å². The molecule has 0 aromatic carbocycles. The Morgan fingerprint density at radius 1 is 1.47 bits per heavy atom. The molecule has 1 atom stereocenters. The van der Waals surface area contributed by atoms with E-state index in [0.29, 0.717) is 5.76 Å². The summed E-state index contributed by atoms with van der Waals surface area (Å²) >= 11 is 0. The van der Waals surface area contributed by atoms with Crippen molar-refractivity contribution >= 4 is 11.9 Å². The van der Waals surface area contributed by atoms with Gasteiger partial charge in [0.25, 0.3) is 5.89 Å². The van der Waals surface area contributed by atoms with Crippen molar-refractivity contribution < 1.29 is 18.7 Å². The highest BCUT2D eigenvalue weighted by Gasteiger charge is 2.32. The molecule has 1 aliphatic heterocycles. The molecular formula is C10H9N3O4. The number of hydrogen-bond acceptors (Lipinski definition) is 6. The van der Waals surface area contributed by atoms with Gasteiger partial charge >= 0.3 is 6.01 Å². The summed E-state index contributed by atoms with van der Waals surface area (Å²) in [4.78, 5) is 12.8. The van der Waals surface area contributed by atoms with E-state index in [2.05, 4.69) is 10.2 Å². The molecule has 1 amide bonds. The first-order valence-corrected chi connectivity index (χ1v) is 5.10. The highest BCUT2D eigenvalue weighted by Crippen LogP contribution is 2.25. The van der Waals surface area contributed by atoms with E-state index in [1.165, 1.54) is 11.2 Å². The summed E-state index contributed by atoms with van der Waals surface area (Å²) in [7, 11) is 0. The normalized spacial score (nSPS) is 20.2. The summed E-state index contributed by atoms with van der Waals surface area (Å²) in [6, 6.07) is 3.46. The van der Waals surface area contributed by atoms with Crippen LogP contribution in [-0.4, -0.2) is 33.9 Å². The third kappa shape index (κ3) is 1.70. The van der Waals surface area contributed by atoms with Crippen molar-refractivity contribution in [1.82, 2.24) is 10.2 Å². The minimum Gasteiger partial charge on any atom is -0.459 e. The Bertz CT molecular complexity index is 534. The second kappa shape index (κ2) is 3.70. The van der Waals surface area contributed by atoms with Crippen LogP contribution in [0.4, 0.5) is 6.01 Å².